The van der Waals surface area contributed by atoms with E-state index in [4.69, 9.17) is 0 Å². The molecular weight excluding hydrogens is 194 g/mol. The monoisotopic (exact) mass is 214 g/mol. The second kappa shape index (κ2) is 17.1. The average molecular weight is 215 g/mol. The van der Waals surface area contributed by atoms with Crippen LogP contribution in [0.25, 0.3) is 0 Å². The van der Waals surface area contributed by atoms with Crippen molar-refractivity contribution >= 4 is 0 Å². The zero-order chi connectivity index (χ0) is 7.70. The number of rotatable bonds is 3. The van der Waals surface area contributed by atoms with E-state index < -0.39 is 0 Å². The summed E-state index contributed by atoms with van der Waals surface area (Å²) in [4.78, 5) is 0. The van der Waals surface area contributed by atoms with Crippen LogP contribution < -0.4 is 58.2 Å². The van der Waals surface area contributed by atoms with E-state index in [-0.39, 0.29) is 58.2 Å². The molecule has 0 aromatic rings. The van der Waals surface area contributed by atoms with Crippen molar-refractivity contribution in [2.24, 2.45) is 5.92 Å². The van der Waals surface area contributed by atoms with Crippen LogP contribution in [0.3, 0.4) is 0 Å². The summed E-state index contributed by atoms with van der Waals surface area (Å²) in [6.07, 6.45) is 4.84. The van der Waals surface area contributed by atoms with E-state index in [1.54, 1.807) is 0 Å². The number of unbranched alkanes of at least 4 members (excludes halogenated alkanes) is 1. The number of hydrogen-bond donors (Lipinski definition) is 0. The summed E-state index contributed by atoms with van der Waals surface area (Å²) in [5.74, 6) is 0.871. The summed E-state index contributed by atoms with van der Waals surface area (Å²) >= 11 is 0. The third-order valence-electron chi connectivity index (χ3n) is 1.03. The fourth-order valence-electron chi connectivity index (χ4n) is 0.500. The van der Waals surface area contributed by atoms with Gasteiger partial charge in [-0.1, -0.05) is 34.1 Å². The zero-order valence-corrected chi connectivity index (χ0v) is 13.5. The standard InChI is InChI=1S/C7H15.C2H6.Rb/c1-4-5-6-7(2)3;1-2;/h4,7H,5-6H2,1-3H3;1-2H3;/q-1;;+1. The molecule has 0 aliphatic heterocycles. The van der Waals surface area contributed by atoms with Crippen molar-refractivity contribution in [2.45, 2.75) is 47.5 Å². The molecule has 0 fully saturated rings. The molecule has 0 amide bonds. The maximum atomic E-state index is 2.25. The van der Waals surface area contributed by atoms with E-state index >= 15 is 0 Å². The molecule has 0 radical (unpaired) electrons. The van der Waals surface area contributed by atoms with Crippen molar-refractivity contribution < 1.29 is 58.2 Å². The minimum absolute atomic E-state index is 0. The van der Waals surface area contributed by atoms with Gasteiger partial charge >= 0.3 is 58.2 Å². The molecule has 0 heterocycles. The molecule has 0 aromatic heterocycles. The second-order valence-corrected chi connectivity index (χ2v) is 2.38. The third-order valence-corrected chi connectivity index (χ3v) is 1.03. The summed E-state index contributed by atoms with van der Waals surface area (Å²) < 4.78 is 0. The quantitative estimate of drug-likeness (QED) is 0.607. The van der Waals surface area contributed by atoms with E-state index in [2.05, 4.69) is 27.2 Å². The van der Waals surface area contributed by atoms with Gasteiger partial charge < -0.3 is 6.42 Å². The maximum absolute atomic E-state index is 2.25. The molecule has 0 bridgehead atoms. The largest absolute Gasteiger partial charge is 1.00 e. The maximum Gasteiger partial charge on any atom is 1.00 e. The van der Waals surface area contributed by atoms with E-state index in [0.29, 0.717) is 0 Å². The summed E-state index contributed by atoms with van der Waals surface area (Å²) in [5, 5.41) is 0. The van der Waals surface area contributed by atoms with Crippen LogP contribution in [-0.4, -0.2) is 0 Å². The summed E-state index contributed by atoms with van der Waals surface area (Å²) in [6, 6.07) is 0. The average Bonchev–Trinajstić information content (AvgIpc) is 1.88. The summed E-state index contributed by atoms with van der Waals surface area (Å²) in [7, 11) is 0. The molecule has 0 aromatic carbocycles. The summed E-state index contributed by atoms with van der Waals surface area (Å²) in [5.41, 5.74) is 0. The van der Waals surface area contributed by atoms with E-state index in [0.717, 1.165) is 5.92 Å². The van der Waals surface area contributed by atoms with Gasteiger partial charge in [-0.2, -0.15) is 13.3 Å². The van der Waals surface area contributed by atoms with E-state index in [1.165, 1.54) is 12.8 Å². The topological polar surface area (TPSA) is 0 Å². The molecule has 58 valence electrons. The zero-order valence-electron chi connectivity index (χ0n) is 8.57. The van der Waals surface area contributed by atoms with Crippen LogP contribution in [0.5, 0.6) is 0 Å². The fraction of sp³-hybridized carbons (Fsp3) is 0.889. The second-order valence-electron chi connectivity index (χ2n) is 2.38. The Bertz CT molecular complexity index is 33.7. The predicted molar refractivity (Wildman–Crippen MR) is 45.4 cm³/mol. The molecule has 1 heteroatoms. The van der Waals surface area contributed by atoms with Gasteiger partial charge in [-0.15, -0.1) is 0 Å². The first-order valence-corrected chi connectivity index (χ1v) is 4.05. The Hall–Kier alpha value is 1.81. The van der Waals surface area contributed by atoms with Gasteiger partial charge in [0, 0.05) is 0 Å². The Labute approximate surface area is 116 Å². The molecule has 0 unspecified atom stereocenters. The Morgan fingerprint density at radius 3 is 1.70 bits per heavy atom. The van der Waals surface area contributed by atoms with Crippen molar-refractivity contribution in [2.75, 3.05) is 0 Å². The molecule has 0 spiro atoms. The van der Waals surface area contributed by atoms with Crippen molar-refractivity contribution in [3.63, 3.8) is 0 Å². The molecular formula is C9H21Rb. The Morgan fingerprint density at radius 2 is 1.60 bits per heavy atom. The number of hydrogen-bond acceptors (Lipinski definition) is 0. The van der Waals surface area contributed by atoms with Crippen LogP contribution in [0.4, 0.5) is 0 Å². The van der Waals surface area contributed by atoms with Crippen molar-refractivity contribution in [1.82, 2.24) is 0 Å². The molecule has 0 aliphatic carbocycles. The van der Waals surface area contributed by atoms with Gasteiger partial charge in [0.05, 0.1) is 0 Å². The minimum Gasteiger partial charge on any atom is -0.332 e. The Morgan fingerprint density at radius 1 is 1.20 bits per heavy atom. The van der Waals surface area contributed by atoms with Gasteiger partial charge in [0.2, 0.25) is 0 Å². The Balaban J connectivity index is -0.000000149. The van der Waals surface area contributed by atoms with Crippen molar-refractivity contribution in [1.29, 1.82) is 0 Å². The van der Waals surface area contributed by atoms with Gasteiger partial charge in [0.15, 0.2) is 0 Å². The van der Waals surface area contributed by atoms with Crippen LogP contribution >= 0.6 is 0 Å². The van der Waals surface area contributed by atoms with Crippen LogP contribution in [0.1, 0.15) is 47.5 Å². The van der Waals surface area contributed by atoms with Crippen LogP contribution in [0, 0.1) is 12.3 Å². The van der Waals surface area contributed by atoms with Gasteiger partial charge in [0.1, 0.15) is 0 Å². The van der Waals surface area contributed by atoms with Gasteiger partial charge in [-0.3, -0.25) is 0 Å². The molecule has 0 atom stereocenters. The fourth-order valence-corrected chi connectivity index (χ4v) is 0.500. The normalized spacial score (nSPS) is 7.80. The van der Waals surface area contributed by atoms with Gasteiger partial charge in [-0.05, 0) is 5.92 Å². The van der Waals surface area contributed by atoms with Gasteiger partial charge in [-0.25, -0.2) is 0 Å². The molecule has 10 heavy (non-hydrogen) atoms. The first-order valence-electron chi connectivity index (χ1n) is 4.05. The molecule has 0 N–H and O–H groups in total. The van der Waals surface area contributed by atoms with Crippen molar-refractivity contribution in [3.05, 3.63) is 6.42 Å². The van der Waals surface area contributed by atoms with Crippen LogP contribution in [0.2, 0.25) is 0 Å². The van der Waals surface area contributed by atoms with Crippen molar-refractivity contribution in [3.8, 4) is 0 Å². The van der Waals surface area contributed by atoms with Gasteiger partial charge in [0.25, 0.3) is 0 Å². The third kappa shape index (κ3) is 22.6. The first kappa shape index (κ1) is 17.8. The first-order chi connectivity index (χ1) is 4.27. The molecule has 0 rings (SSSR count). The molecule has 0 aliphatic rings. The minimum atomic E-state index is 0. The van der Waals surface area contributed by atoms with E-state index in [9.17, 15) is 0 Å². The van der Waals surface area contributed by atoms with E-state index in [1.807, 2.05) is 13.8 Å². The molecule has 0 saturated heterocycles. The SMILES string of the molecule is CC.C[CH-]CCC(C)C.[Rb+]. The predicted octanol–water partition coefficient (Wildman–Crippen LogP) is 0.677. The Kier molecular flexibility index (Phi) is 30.3. The molecule has 0 saturated carbocycles. The smallest absolute Gasteiger partial charge is 0.332 e. The molecule has 0 nitrogen and oxygen atoms in total. The van der Waals surface area contributed by atoms with Crippen LogP contribution in [0.15, 0.2) is 0 Å². The van der Waals surface area contributed by atoms with Crippen LogP contribution in [-0.2, 0) is 0 Å². The summed E-state index contributed by atoms with van der Waals surface area (Å²) in [6.45, 7) is 10.6.